The summed E-state index contributed by atoms with van der Waals surface area (Å²) >= 11 is 0. The number of hydrogen-bond acceptors (Lipinski definition) is 3. The minimum absolute atomic E-state index is 0.168. The fourth-order valence-corrected chi connectivity index (χ4v) is 2.39. The molecule has 0 unspecified atom stereocenters. The Hall–Kier alpha value is -3.21. The number of carbonyl (C=O) groups is 1. The van der Waals surface area contributed by atoms with Crippen LogP contribution in [0.4, 0.5) is 4.39 Å². The highest BCUT2D eigenvalue weighted by Gasteiger charge is 2.11. The number of ether oxygens (including phenoxy) is 1. The molecule has 1 aromatic heterocycles. The molecule has 0 aliphatic heterocycles. The number of pyridine rings is 1. The predicted molar refractivity (Wildman–Crippen MR) is 93.1 cm³/mol. The van der Waals surface area contributed by atoms with E-state index < -0.39 is 0 Å². The number of nitrogens with zero attached hydrogens (tertiary/aromatic N) is 1. The number of benzene rings is 2. The van der Waals surface area contributed by atoms with Gasteiger partial charge in [0, 0.05) is 29.9 Å². The summed E-state index contributed by atoms with van der Waals surface area (Å²) in [4.78, 5) is 16.5. The van der Waals surface area contributed by atoms with Gasteiger partial charge in [0.05, 0.1) is 0 Å². The number of aryl methyl sites for hydroxylation is 1. The van der Waals surface area contributed by atoms with Gasteiger partial charge in [0.1, 0.15) is 11.6 Å². The molecule has 1 amide bonds. The summed E-state index contributed by atoms with van der Waals surface area (Å²) in [7, 11) is 0. The largest absolute Gasteiger partial charge is 0.439 e. The summed E-state index contributed by atoms with van der Waals surface area (Å²) in [5.41, 5.74) is 2.23. The Labute approximate surface area is 145 Å². The van der Waals surface area contributed by atoms with Crippen LogP contribution < -0.4 is 10.1 Å². The van der Waals surface area contributed by atoms with Crippen LogP contribution in [0.5, 0.6) is 11.6 Å². The fourth-order valence-electron chi connectivity index (χ4n) is 2.39. The zero-order valence-electron chi connectivity index (χ0n) is 13.7. The molecular weight excluding hydrogens is 319 g/mol. The standard InChI is InChI=1S/C20H17FN2O2/c1-14-6-2-3-10-18(14)19(24)23-13-15-7-5-11-22-20(15)25-17-9-4-8-16(21)12-17/h2-12H,13H2,1H3,(H,23,24). The van der Waals surface area contributed by atoms with Gasteiger partial charge in [-0.2, -0.15) is 0 Å². The van der Waals surface area contributed by atoms with Gasteiger partial charge in [-0.3, -0.25) is 4.79 Å². The second-order valence-corrected chi connectivity index (χ2v) is 5.52. The van der Waals surface area contributed by atoms with Crippen molar-refractivity contribution in [3.05, 3.63) is 89.4 Å². The van der Waals surface area contributed by atoms with Crippen LogP contribution in [0.25, 0.3) is 0 Å². The maximum atomic E-state index is 13.3. The van der Waals surface area contributed by atoms with Gasteiger partial charge in [-0.05, 0) is 36.8 Å². The van der Waals surface area contributed by atoms with E-state index in [2.05, 4.69) is 10.3 Å². The second-order valence-electron chi connectivity index (χ2n) is 5.52. The van der Waals surface area contributed by atoms with E-state index in [4.69, 9.17) is 4.74 Å². The zero-order chi connectivity index (χ0) is 17.6. The molecule has 0 aliphatic rings. The van der Waals surface area contributed by atoms with Crippen molar-refractivity contribution in [3.63, 3.8) is 0 Å². The lowest BCUT2D eigenvalue weighted by Crippen LogP contribution is -2.23. The molecule has 0 radical (unpaired) electrons. The topological polar surface area (TPSA) is 51.2 Å². The number of rotatable bonds is 5. The molecule has 0 saturated heterocycles. The molecule has 126 valence electrons. The first kappa shape index (κ1) is 16.6. The first-order valence-electron chi connectivity index (χ1n) is 7.84. The summed E-state index contributed by atoms with van der Waals surface area (Å²) in [5, 5.41) is 2.86. The number of halogens is 1. The van der Waals surface area contributed by atoms with E-state index in [1.165, 1.54) is 12.1 Å². The number of hydrogen-bond donors (Lipinski definition) is 1. The highest BCUT2D eigenvalue weighted by molar-refractivity contribution is 5.95. The third kappa shape index (κ3) is 4.20. The van der Waals surface area contributed by atoms with Crippen LogP contribution in [-0.4, -0.2) is 10.9 Å². The summed E-state index contributed by atoms with van der Waals surface area (Å²) < 4.78 is 18.9. The van der Waals surface area contributed by atoms with Crippen molar-refractivity contribution in [1.29, 1.82) is 0 Å². The molecule has 0 atom stereocenters. The van der Waals surface area contributed by atoms with E-state index in [1.807, 2.05) is 25.1 Å². The average Bonchev–Trinajstić information content (AvgIpc) is 2.61. The minimum Gasteiger partial charge on any atom is -0.439 e. The molecule has 5 heteroatoms. The average molecular weight is 336 g/mol. The maximum Gasteiger partial charge on any atom is 0.251 e. The van der Waals surface area contributed by atoms with Gasteiger partial charge in [-0.15, -0.1) is 0 Å². The van der Waals surface area contributed by atoms with Crippen molar-refractivity contribution in [1.82, 2.24) is 10.3 Å². The van der Waals surface area contributed by atoms with Crippen LogP contribution in [0.3, 0.4) is 0 Å². The Balaban J connectivity index is 1.73. The van der Waals surface area contributed by atoms with Crippen LogP contribution in [0.2, 0.25) is 0 Å². The third-order valence-electron chi connectivity index (χ3n) is 3.69. The monoisotopic (exact) mass is 336 g/mol. The number of aromatic nitrogens is 1. The first-order valence-corrected chi connectivity index (χ1v) is 7.84. The quantitative estimate of drug-likeness (QED) is 0.758. The van der Waals surface area contributed by atoms with E-state index in [-0.39, 0.29) is 18.3 Å². The SMILES string of the molecule is Cc1ccccc1C(=O)NCc1cccnc1Oc1cccc(F)c1. The first-order chi connectivity index (χ1) is 12.1. The van der Waals surface area contributed by atoms with Gasteiger partial charge >= 0.3 is 0 Å². The lowest BCUT2D eigenvalue weighted by atomic mass is 10.1. The molecule has 2 aromatic carbocycles. The molecular formula is C20H17FN2O2. The predicted octanol–water partition coefficient (Wildman–Crippen LogP) is 4.25. The third-order valence-corrected chi connectivity index (χ3v) is 3.69. The normalized spacial score (nSPS) is 10.3. The van der Waals surface area contributed by atoms with E-state index >= 15 is 0 Å². The molecule has 3 rings (SSSR count). The van der Waals surface area contributed by atoms with Crippen molar-refractivity contribution in [2.45, 2.75) is 13.5 Å². The Morgan fingerprint density at radius 2 is 1.96 bits per heavy atom. The zero-order valence-corrected chi connectivity index (χ0v) is 13.7. The van der Waals surface area contributed by atoms with Crippen LogP contribution in [0.1, 0.15) is 21.5 Å². The molecule has 0 fully saturated rings. The van der Waals surface area contributed by atoms with Crippen molar-refractivity contribution in [3.8, 4) is 11.6 Å². The van der Waals surface area contributed by atoms with E-state index in [0.29, 0.717) is 22.8 Å². The second kappa shape index (κ2) is 7.57. The van der Waals surface area contributed by atoms with Crippen molar-refractivity contribution in [2.24, 2.45) is 0 Å². The van der Waals surface area contributed by atoms with Crippen LogP contribution in [0, 0.1) is 12.7 Å². The number of carbonyl (C=O) groups excluding carboxylic acids is 1. The summed E-state index contributed by atoms with van der Waals surface area (Å²) in [6.07, 6.45) is 1.58. The highest BCUT2D eigenvalue weighted by Crippen LogP contribution is 2.23. The van der Waals surface area contributed by atoms with Gasteiger partial charge in [0.2, 0.25) is 5.88 Å². The van der Waals surface area contributed by atoms with Crippen LogP contribution in [-0.2, 0) is 6.54 Å². The lowest BCUT2D eigenvalue weighted by molar-refractivity contribution is 0.0950. The molecule has 1 N–H and O–H groups in total. The van der Waals surface area contributed by atoms with Gasteiger partial charge < -0.3 is 10.1 Å². The molecule has 0 spiro atoms. The van der Waals surface area contributed by atoms with E-state index in [9.17, 15) is 9.18 Å². The molecule has 0 aliphatic carbocycles. The van der Waals surface area contributed by atoms with Gasteiger partial charge in [-0.1, -0.05) is 30.3 Å². The van der Waals surface area contributed by atoms with Crippen molar-refractivity contribution in [2.75, 3.05) is 0 Å². The van der Waals surface area contributed by atoms with Crippen molar-refractivity contribution < 1.29 is 13.9 Å². The summed E-state index contributed by atoms with van der Waals surface area (Å²) in [6.45, 7) is 2.14. The summed E-state index contributed by atoms with van der Waals surface area (Å²) in [6, 6.07) is 16.8. The lowest BCUT2D eigenvalue weighted by Gasteiger charge is -2.11. The van der Waals surface area contributed by atoms with E-state index in [0.717, 1.165) is 5.56 Å². The molecule has 0 bridgehead atoms. The molecule has 1 heterocycles. The van der Waals surface area contributed by atoms with Gasteiger partial charge in [0.25, 0.3) is 5.91 Å². The molecule has 25 heavy (non-hydrogen) atoms. The highest BCUT2D eigenvalue weighted by atomic mass is 19.1. The number of amides is 1. The smallest absolute Gasteiger partial charge is 0.251 e. The van der Waals surface area contributed by atoms with Crippen LogP contribution in [0.15, 0.2) is 66.9 Å². The fraction of sp³-hybridized carbons (Fsp3) is 0.100. The van der Waals surface area contributed by atoms with Crippen LogP contribution >= 0.6 is 0 Å². The van der Waals surface area contributed by atoms with Gasteiger partial charge in [-0.25, -0.2) is 9.37 Å². The minimum atomic E-state index is -0.386. The molecule has 0 saturated carbocycles. The number of nitrogens with one attached hydrogen (secondary N) is 1. The molecule has 4 nitrogen and oxygen atoms in total. The van der Waals surface area contributed by atoms with E-state index in [1.54, 1.807) is 36.5 Å². The summed E-state index contributed by atoms with van der Waals surface area (Å²) in [5.74, 6) is 0.129. The Morgan fingerprint density at radius 3 is 2.76 bits per heavy atom. The van der Waals surface area contributed by atoms with Crippen molar-refractivity contribution >= 4 is 5.91 Å². The Bertz CT molecular complexity index is 896. The maximum absolute atomic E-state index is 13.3. The molecule has 3 aromatic rings. The Morgan fingerprint density at radius 1 is 1.12 bits per heavy atom. The van der Waals surface area contributed by atoms with Gasteiger partial charge in [0.15, 0.2) is 0 Å². The Kier molecular flexibility index (Phi) is 5.04.